The molecule has 2 heterocycles. The number of nitrogens with zero attached hydrogens (tertiary/aromatic N) is 2. The van der Waals surface area contributed by atoms with Crippen LogP contribution in [-0.4, -0.2) is 59.6 Å². The summed E-state index contributed by atoms with van der Waals surface area (Å²) < 4.78 is 0. The zero-order valence-electron chi connectivity index (χ0n) is 14.1. The van der Waals surface area contributed by atoms with Gasteiger partial charge in [-0.15, -0.1) is 0 Å². The third-order valence-electron chi connectivity index (χ3n) is 6.35. The maximum atomic E-state index is 2.98. The lowest BCUT2D eigenvalue weighted by molar-refractivity contribution is 0.0361. The second-order valence-electron chi connectivity index (χ2n) is 7.55. The zero-order chi connectivity index (χ0) is 14.7. The first-order valence-corrected chi connectivity index (χ1v) is 10.7. The van der Waals surface area contributed by atoms with Crippen molar-refractivity contribution in [3.8, 4) is 0 Å². The predicted molar refractivity (Wildman–Crippen MR) is 94.2 cm³/mol. The Morgan fingerprint density at radius 3 is 2.24 bits per heavy atom. The molecule has 3 rings (SSSR count). The van der Waals surface area contributed by atoms with E-state index in [2.05, 4.69) is 23.1 Å². The lowest BCUT2D eigenvalue weighted by Crippen LogP contribution is -2.52. The van der Waals surface area contributed by atoms with Gasteiger partial charge in [0.15, 0.2) is 0 Å². The van der Waals surface area contributed by atoms with Gasteiger partial charge in [0.25, 0.3) is 0 Å². The van der Waals surface area contributed by atoms with Crippen LogP contribution in [0.3, 0.4) is 0 Å². The van der Waals surface area contributed by atoms with Crippen molar-refractivity contribution in [2.75, 3.05) is 25.6 Å². The van der Waals surface area contributed by atoms with E-state index in [1.807, 2.05) is 11.8 Å². The quantitative estimate of drug-likeness (QED) is 0.685. The van der Waals surface area contributed by atoms with Crippen molar-refractivity contribution in [3.63, 3.8) is 0 Å². The number of rotatable bonds is 6. The lowest BCUT2D eigenvalue weighted by Gasteiger charge is -2.46. The van der Waals surface area contributed by atoms with Crippen LogP contribution in [0, 0.1) is 0 Å². The monoisotopic (exact) mass is 310 g/mol. The maximum Gasteiger partial charge on any atom is 0.0128 e. The third-order valence-corrected chi connectivity index (χ3v) is 7.05. The van der Waals surface area contributed by atoms with Crippen LogP contribution in [0.4, 0.5) is 0 Å². The number of thioether (sulfide) groups is 1. The molecule has 21 heavy (non-hydrogen) atoms. The van der Waals surface area contributed by atoms with Crippen molar-refractivity contribution in [2.45, 2.75) is 88.4 Å². The Labute approximate surface area is 136 Å². The molecular formula is C18H34N2S. The molecule has 2 unspecified atom stereocenters. The molecule has 1 aliphatic carbocycles. The first-order chi connectivity index (χ1) is 10.3. The molecule has 0 spiro atoms. The highest BCUT2D eigenvalue weighted by molar-refractivity contribution is 7.98. The lowest BCUT2D eigenvalue weighted by atomic mass is 9.89. The van der Waals surface area contributed by atoms with Gasteiger partial charge < -0.3 is 4.90 Å². The Morgan fingerprint density at radius 1 is 0.952 bits per heavy atom. The molecule has 1 saturated carbocycles. The van der Waals surface area contributed by atoms with E-state index in [1.54, 1.807) is 0 Å². The fraction of sp³-hybridized carbons (Fsp3) is 1.00. The smallest absolute Gasteiger partial charge is 0.0128 e. The van der Waals surface area contributed by atoms with Crippen LogP contribution in [0.5, 0.6) is 0 Å². The SMILES string of the molecule is CSCCCN(C1CCCCC1)C1CC2CCC(C1)N2C. The average molecular weight is 311 g/mol. The van der Waals surface area contributed by atoms with Crippen LogP contribution >= 0.6 is 11.8 Å². The third kappa shape index (κ3) is 3.79. The van der Waals surface area contributed by atoms with E-state index in [4.69, 9.17) is 0 Å². The van der Waals surface area contributed by atoms with Crippen molar-refractivity contribution < 1.29 is 0 Å². The van der Waals surface area contributed by atoms with Gasteiger partial charge in [-0.1, -0.05) is 19.3 Å². The van der Waals surface area contributed by atoms with Gasteiger partial charge in [-0.2, -0.15) is 11.8 Å². The number of hydrogen-bond acceptors (Lipinski definition) is 3. The molecule has 0 aromatic carbocycles. The van der Waals surface area contributed by atoms with Crippen LogP contribution in [0.15, 0.2) is 0 Å². The van der Waals surface area contributed by atoms with E-state index in [0.717, 1.165) is 24.2 Å². The van der Waals surface area contributed by atoms with Crippen molar-refractivity contribution in [1.82, 2.24) is 9.80 Å². The van der Waals surface area contributed by atoms with Gasteiger partial charge in [0.1, 0.15) is 0 Å². The standard InChI is InChI=1S/C18H34N2S/c1-19-16-9-10-17(19)14-18(13-16)20(11-6-12-21-2)15-7-4-3-5-8-15/h15-18H,3-14H2,1-2H3. The molecule has 2 bridgehead atoms. The van der Waals surface area contributed by atoms with Crippen molar-refractivity contribution in [2.24, 2.45) is 0 Å². The summed E-state index contributed by atoms with van der Waals surface area (Å²) >= 11 is 2.02. The molecule has 3 heteroatoms. The van der Waals surface area contributed by atoms with Gasteiger partial charge in [0.2, 0.25) is 0 Å². The second kappa shape index (κ2) is 7.70. The summed E-state index contributed by atoms with van der Waals surface area (Å²) in [5.41, 5.74) is 0. The summed E-state index contributed by atoms with van der Waals surface area (Å²) in [4.78, 5) is 5.67. The summed E-state index contributed by atoms with van der Waals surface area (Å²) in [6.45, 7) is 1.36. The summed E-state index contributed by atoms with van der Waals surface area (Å²) in [5.74, 6) is 1.34. The van der Waals surface area contributed by atoms with Gasteiger partial charge >= 0.3 is 0 Å². The molecule has 122 valence electrons. The highest BCUT2D eigenvalue weighted by Crippen LogP contribution is 2.38. The average Bonchev–Trinajstić information content (AvgIpc) is 2.74. The van der Waals surface area contributed by atoms with Crippen LogP contribution in [0.1, 0.15) is 64.2 Å². The van der Waals surface area contributed by atoms with Gasteiger partial charge in [0.05, 0.1) is 0 Å². The minimum Gasteiger partial charge on any atom is -0.300 e. The fourth-order valence-corrected chi connectivity index (χ4v) is 5.54. The molecule has 0 aromatic rings. The van der Waals surface area contributed by atoms with E-state index >= 15 is 0 Å². The van der Waals surface area contributed by atoms with E-state index in [0.29, 0.717) is 0 Å². The summed E-state index contributed by atoms with van der Waals surface area (Å²) in [6.07, 6.45) is 16.8. The van der Waals surface area contributed by atoms with Crippen LogP contribution in [0.2, 0.25) is 0 Å². The first-order valence-electron chi connectivity index (χ1n) is 9.26. The normalized spacial score (nSPS) is 34.7. The number of fused-ring (bicyclic) bond motifs is 2. The number of hydrogen-bond donors (Lipinski definition) is 0. The molecule has 3 fully saturated rings. The van der Waals surface area contributed by atoms with E-state index in [9.17, 15) is 0 Å². The largest absolute Gasteiger partial charge is 0.300 e. The number of piperidine rings is 1. The highest BCUT2D eigenvalue weighted by atomic mass is 32.2. The Morgan fingerprint density at radius 2 is 1.62 bits per heavy atom. The van der Waals surface area contributed by atoms with Crippen molar-refractivity contribution in [3.05, 3.63) is 0 Å². The Kier molecular flexibility index (Phi) is 5.92. The molecule has 0 N–H and O–H groups in total. The van der Waals surface area contributed by atoms with Crippen molar-refractivity contribution >= 4 is 11.8 Å². The predicted octanol–water partition coefficient (Wildman–Crippen LogP) is 4.00. The summed E-state index contributed by atoms with van der Waals surface area (Å²) in [5, 5.41) is 0. The van der Waals surface area contributed by atoms with E-state index < -0.39 is 0 Å². The molecule has 2 aliphatic heterocycles. The minimum absolute atomic E-state index is 0.889. The zero-order valence-corrected chi connectivity index (χ0v) is 14.9. The van der Waals surface area contributed by atoms with Gasteiger partial charge in [-0.25, -0.2) is 0 Å². The minimum atomic E-state index is 0.889. The summed E-state index contributed by atoms with van der Waals surface area (Å²) in [7, 11) is 2.37. The van der Waals surface area contributed by atoms with Crippen LogP contribution in [0.25, 0.3) is 0 Å². The molecule has 0 radical (unpaired) electrons. The summed E-state index contributed by atoms with van der Waals surface area (Å²) in [6, 6.07) is 3.58. The topological polar surface area (TPSA) is 6.48 Å². The Hall–Kier alpha value is 0.270. The molecule has 2 nitrogen and oxygen atoms in total. The van der Waals surface area contributed by atoms with Crippen LogP contribution < -0.4 is 0 Å². The first kappa shape index (κ1) is 16.1. The van der Waals surface area contributed by atoms with Crippen LogP contribution in [-0.2, 0) is 0 Å². The van der Waals surface area contributed by atoms with E-state index in [-0.39, 0.29) is 0 Å². The molecule has 2 atom stereocenters. The molecule has 0 amide bonds. The Bertz CT molecular complexity index is 302. The molecule has 3 aliphatic rings. The molecular weight excluding hydrogens is 276 g/mol. The van der Waals surface area contributed by atoms with E-state index in [1.165, 1.54) is 76.5 Å². The van der Waals surface area contributed by atoms with Gasteiger partial charge in [0, 0.05) is 24.2 Å². The van der Waals surface area contributed by atoms with Crippen molar-refractivity contribution in [1.29, 1.82) is 0 Å². The Balaban J connectivity index is 1.63. The van der Waals surface area contributed by atoms with Gasteiger partial charge in [-0.3, -0.25) is 4.90 Å². The molecule has 0 aromatic heterocycles. The highest BCUT2D eigenvalue weighted by Gasteiger charge is 2.41. The maximum absolute atomic E-state index is 2.98. The fourth-order valence-electron chi connectivity index (χ4n) is 5.12. The van der Waals surface area contributed by atoms with Gasteiger partial charge in [-0.05, 0) is 70.5 Å². The molecule has 2 saturated heterocycles. The second-order valence-corrected chi connectivity index (χ2v) is 8.54.